The maximum Gasteiger partial charge on any atom is 0.326 e. The number of hydrogen-bond donors (Lipinski definition) is 9. The molecule has 0 fully saturated rings. The minimum atomic E-state index is -1.36. The van der Waals surface area contributed by atoms with E-state index in [-0.39, 0.29) is 38.2 Å². The highest BCUT2D eigenvalue weighted by atomic mass is 16.4. The molecular weight excluding hydrogens is 510 g/mol. The Bertz CT molecular complexity index is 1210. The summed E-state index contributed by atoms with van der Waals surface area (Å²) in [5.74, 6) is -4.27. The van der Waals surface area contributed by atoms with Crippen LogP contribution in [0.15, 0.2) is 35.5 Å². The van der Waals surface area contributed by atoms with Crippen LogP contribution in [0, 0.1) is 0 Å². The van der Waals surface area contributed by atoms with Crippen LogP contribution in [0.2, 0.25) is 0 Å². The molecule has 0 aliphatic heterocycles. The molecule has 13 N–H and O–H groups in total. The number of primary amides is 1. The quantitative estimate of drug-likeness (QED) is 0.0613. The van der Waals surface area contributed by atoms with E-state index in [0.717, 1.165) is 16.5 Å². The van der Waals surface area contributed by atoms with Crippen LogP contribution in [0.1, 0.15) is 31.2 Å². The van der Waals surface area contributed by atoms with Crippen molar-refractivity contribution in [3.8, 4) is 0 Å². The predicted molar refractivity (Wildman–Crippen MR) is 143 cm³/mol. The van der Waals surface area contributed by atoms with Gasteiger partial charge in [-0.2, -0.15) is 0 Å². The molecule has 3 unspecified atom stereocenters. The Hall–Kier alpha value is -4.66. The number of carbonyl (C=O) groups is 5. The van der Waals surface area contributed by atoms with Gasteiger partial charge in [-0.25, -0.2) is 4.79 Å². The summed E-state index contributed by atoms with van der Waals surface area (Å²) >= 11 is 0. The Morgan fingerprint density at radius 3 is 2.36 bits per heavy atom. The Kier molecular flexibility index (Phi) is 11.7. The highest BCUT2D eigenvalue weighted by Gasteiger charge is 2.26. The molecule has 0 bridgehead atoms. The van der Waals surface area contributed by atoms with Gasteiger partial charge in [0.2, 0.25) is 23.6 Å². The molecule has 15 nitrogen and oxygen atoms in total. The average Bonchev–Trinajstić information content (AvgIpc) is 3.28. The van der Waals surface area contributed by atoms with Crippen LogP contribution in [-0.2, 0) is 30.4 Å². The molecule has 1 aromatic heterocycles. The molecular formula is C24H35N9O6. The summed E-state index contributed by atoms with van der Waals surface area (Å²) in [5, 5.41) is 17.3. The normalized spacial score (nSPS) is 13.1. The SMILES string of the molecule is NC(=O)CCC(NC(=O)CNC(=O)C(CCCN=C(N)N)NC(=O)C(N)Cc1c[nH]c2ccccc12)C(=O)O. The first-order valence-corrected chi connectivity index (χ1v) is 12.2. The molecule has 4 amide bonds. The third kappa shape index (κ3) is 10.3. The largest absolute Gasteiger partial charge is 0.480 e. The number of amides is 4. The topological polar surface area (TPSA) is 274 Å². The van der Waals surface area contributed by atoms with Crippen LogP contribution >= 0.6 is 0 Å². The number of carboxylic acid groups (broad SMARTS) is 1. The number of hydrogen-bond acceptors (Lipinski definition) is 7. The van der Waals surface area contributed by atoms with Gasteiger partial charge < -0.3 is 49.0 Å². The van der Waals surface area contributed by atoms with Gasteiger partial charge in [-0.1, -0.05) is 18.2 Å². The fraction of sp³-hybridized carbons (Fsp3) is 0.417. The van der Waals surface area contributed by atoms with Crippen molar-refractivity contribution in [3.05, 3.63) is 36.0 Å². The molecule has 0 aliphatic carbocycles. The van der Waals surface area contributed by atoms with Crippen LogP contribution < -0.4 is 38.9 Å². The van der Waals surface area contributed by atoms with Gasteiger partial charge in [-0.15, -0.1) is 0 Å². The third-order valence-electron chi connectivity index (χ3n) is 5.77. The van der Waals surface area contributed by atoms with E-state index in [2.05, 4.69) is 25.9 Å². The van der Waals surface area contributed by atoms with E-state index in [9.17, 15) is 29.1 Å². The summed E-state index contributed by atoms with van der Waals surface area (Å²) < 4.78 is 0. The maximum absolute atomic E-state index is 12.9. The summed E-state index contributed by atoms with van der Waals surface area (Å²) in [4.78, 5) is 67.1. The number of aliphatic carboxylic acids is 1. The van der Waals surface area contributed by atoms with Gasteiger partial charge in [0.1, 0.15) is 12.1 Å². The monoisotopic (exact) mass is 545 g/mol. The number of fused-ring (bicyclic) bond motifs is 1. The third-order valence-corrected chi connectivity index (χ3v) is 5.77. The molecule has 0 aliphatic rings. The van der Waals surface area contributed by atoms with Crippen molar-refractivity contribution < 1.29 is 29.1 Å². The lowest BCUT2D eigenvalue weighted by Crippen LogP contribution is -2.53. The molecule has 2 aromatic rings. The number of H-pyrrole nitrogens is 1. The molecule has 39 heavy (non-hydrogen) atoms. The van der Waals surface area contributed by atoms with Crippen molar-refractivity contribution in [2.45, 2.75) is 50.2 Å². The zero-order chi connectivity index (χ0) is 28.9. The molecule has 3 atom stereocenters. The number of benzene rings is 1. The van der Waals surface area contributed by atoms with Crippen LogP contribution in [0.5, 0.6) is 0 Å². The Labute approximate surface area is 224 Å². The van der Waals surface area contributed by atoms with Crippen LogP contribution in [0.25, 0.3) is 10.9 Å². The fourth-order valence-corrected chi connectivity index (χ4v) is 3.76. The number of rotatable bonds is 16. The minimum Gasteiger partial charge on any atom is -0.480 e. The molecule has 1 heterocycles. The summed E-state index contributed by atoms with van der Waals surface area (Å²) in [6.45, 7) is -0.370. The summed E-state index contributed by atoms with van der Waals surface area (Å²) in [5.41, 5.74) is 23.5. The highest BCUT2D eigenvalue weighted by Crippen LogP contribution is 2.18. The molecule has 0 saturated carbocycles. The zero-order valence-electron chi connectivity index (χ0n) is 21.3. The van der Waals surface area contributed by atoms with Gasteiger partial charge in [-0.3, -0.25) is 24.2 Å². The zero-order valence-corrected chi connectivity index (χ0v) is 21.3. The van der Waals surface area contributed by atoms with E-state index >= 15 is 0 Å². The number of nitrogens with zero attached hydrogens (tertiary/aromatic N) is 1. The minimum absolute atomic E-state index is 0.123. The van der Waals surface area contributed by atoms with Crippen molar-refractivity contribution in [3.63, 3.8) is 0 Å². The van der Waals surface area contributed by atoms with Gasteiger partial charge in [0, 0.05) is 30.1 Å². The predicted octanol–water partition coefficient (Wildman–Crippen LogP) is -2.47. The number of para-hydroxylation sites is 1. The Morgan fingerprint density at radius 1 is 0.974 bits per heavy atom. The number of guanidine groups is 1. The standard InChI is InChI=1S/C24H35N9O6/c25-15(10-13-11-30-16-5-2-1-4-14(13)16)21(36)33-17(6-3-9-29-24(27)28)22(37)31-12-20(35)32-18(23(38)39)7-8-19(26)34/h1-2,4-5,11,15,17-18,30H,3,6-10,12,25H2,(H2,26,34)(H,31,37)(H,32,35)(H,33,36)(H,38,39)(H4,27,28,29). The van der Waals surface area contributed by atoms with Crippen molar-refractivity contribution in [2.24, 2.45) is 27.9 Å². The van der Waals surface area contributed by atoms with Gasteiger partial charge >= 0.3 is 5.97 Å². The van der Waals surface area contributed by atoms with Gasteiger partial charge in [0.15, 0.2) is 5.96 Å². The Balaban J connectivity index is 1.99. The fourth-order valence-electron chi connectivity index (χ4n) is 3.76. The molecule has 1 aromatic carbocycles. The molecule has 15 heteroatoms. The van der Waals surface area contributed by atoms with E-state index in [1.165, 1.54) is 0 Å². The van der Waals surface area contributed by atoms with Crippen molar-refractivity contribution in [2.75, 3.05) is 13.1 Å². The first-order chi connectivity index (χ1) is 18.5. The number of nitrogens with one attached hydrogen (secondary N) is 4. The first kappa shape index (κ1) is 30.6. The van der Waals surface area contributed by atoms with Crippen molar-refractivity contribution in [1.82, 2.24) is 20.9 Å². The lowest BCUT2D eigenvalue weighted by Gasteiger charge is -2.21. The van der Waals surface area contributed by atoms with Gasteiger partial charge in [0.05, 0.1) is 12.6 Å². The van der Waals surface area contributed by atoms with Gasteiger partial charge in [0.25, 0.3) is 0 Å². The second-order valence-corrected chi connectivity index (χ2v) is 8.86. The molecule has 2 rings (SSSR count). The van der Waals surface area contributed by atoms with E-state index < -0.39 is 54.3 Å². The van der Waals surface area contributed by atoms with Crippen LogP contribution in [-0.4, -0.2) is 76.9 Å². The van der Waals surface area contributed by atoms with E-state index in [4.69, 9.17) is 22.9 Å². The highest BCUT2D eigenvalue weighted by molar-refractivity contribution is 5.93. The van der Waals surface area contributed by atoms with E-state index in [1.54, 1.807) is 6.20 Å². The summed E-state index contributed by atoms with van der Waals surface area (Å²) in [6.07, 6.45) is 1.99. The lowest BCUT2D eigenvalue weighted by atomic mass is 10.0. The maximum atomic E-state index is 12.9. The smallest absolute Gasteiger partial charge is 0.326 e. The number of aromatic amines is 1. The van der Waals surface area contributed by atoms with Crippen LogP contribution in [0.3, 0.4) is 0 Å². The van der Waals surface area contributed by atoms with E-state index in [1.807, 2.05) is 24.3 Å². The molecule has 0 radical (unpaired) electrons. The molecule has 212 valence electrons. The summed E-state index contributed by atoms with van der Waals surface area (Å²) in [7, 11) is 0. The van der Waals surface area contributed by atoms with Crippen LogP contribution in [0.4, 0.5) is 0 Å². The second kappa shape index (κ2) is 14.9. The van der Waals surface area contributed by atoms with Gasteiger partial charge in [-0.05, 0) is 37.3 Å². The lowest BCUT2D eigenvalue weighted by molar-refractivity contribution is -0.142. The molecule has 0 saturated heterocycles. The van der Waals surface area contributed by atoms with E-state index in [0.29, 0.717) is 6.42 Å². The summed E-state index contributed by atoms with van der Waals surface area (Å²) in [6, 6.07) is 4.15. The van der Waals surface area contributed by atoms with Crippen molar-refractivity contribution in [1.29, 1.82) is 0 Å². The number of aliphatic imine (C=N–C) groups is 1. The number of aromatic nitrogens is 1. The average molecular weight is 546 g/mol. The number of carboxylic acids is 1. The number of carbonyl (C=O) groups excluding carboxylic acids is 4. The number of nitrogens with two attached hydrogens (primary N) is 4. The molecule has 0 spiro atoms. The first-order valence-electron chi connectivity index (χ1n) is 12.2. The second-order valence-electron chi connectivity index (χ2n) is 8.86. The Morgan fingerprint density at radius 2 is 1.69 bits per heavy atom. The van der Waals surface area contributed by atoms with Crippen molar-refractivity contribution >= 4 is 46.5 Å².